The topological polar surface area (TPSA) is 48.9 Å². The van der Waals surface area contributed by atoms with E-state index in [-0.39, 0.29) is 24.0 Å². The quantitative estimate of drug-likeness (QED) is 0.331. The van der Waals surface area contributed by atoms with Crippen molar-refractivity contribution in [3.63, 3.8) is 0 Å². The molecular weight excluding hydrogens is 495 g/mol. The molecule has 5 nitrogen and oxygen atoms in total. The smallest absolute Gasteiger partial charge is 0.191 e. The molecule has 1 saturated heterocycles. The maximum absolute atomic E-state index is 5.88. The van der Waals surface area contributed by atoms with E-state index in [1.54, 1.807) is 0 Å². The third-order valence-electron chi connectivity index (χ3n) is 5.74. The zero-order valence-corrected chi connectivity index (χ0v) is 21.3. The number of morpholine rings is 1. The van der Waals surface area contributed by atoms with Gasteiger partial charge in [0.1, 0.15) is 0 Å². The predicted octanol–water partition coefficient (Wildman–Crippen LogP) is 3.86. The van der Waals surface area contributed by atoms with Gasteiger partial charge in [-0.25, -0.2) is 0 Å². The van der Waals surface area contributed by atoms with E-state index in [0.29, 0.717) is 18.2 Å². The Morgan fingerprint density at radius 2 is 1.86 bits per heavy atom. The minimum atomic E-state index is 0. The number of aliphatic imine (C=N–C) groups is 1. The largest absolute Gasteiger partial charge is 0.373 e. The number of thioether (sulfide) groups is 1. The van der Waals surface area contributed by atoms with Gasteiger partial charge >= 0.3 is 0 Å². The first-order valence-corrected chi connectivity index (χ1v) is 11.8. The van der Waals surface area contributed by atoms with E-state index in [0.717, 1.165) is 37.4 Å². The molecule has 7 heteroatoms. The van der Waals surface area contributed by atoms with Crippen LogP contribution in [-0.4, -0.2) is 60.8 Å². The van der Waals surface area contributed by atoms with E-state index in [1.807, 2.05) is 18.8 Å². The molecule has 0 aromatic heterocycles. The van der Waals surface area contributed by atoms with E-state index in [1.165, 1.54) is 30.4 Å². The molecule has 2 N–H and O–H groups in total. The molecule has 1 saturated carbocycles. The summed E-state index contributed by atoms with van der Waals surface area (Å²) in [7, 11) is 1.86. The fourth-order valence-corrected chi connectivity index (χ4v) is 5.19. The highest BCUT2D eigenvalue weighted by Gasteiger charge is 2.25. The maximum Gasteiger partial charge on any atom is 0.191 e. The third kappa shape index (κ3) is 7.60. The van der Waals surface area contributed by atoms with Gasteiger partial charge in [0, 0.05) is 44.5 Å². The second-order valence-corrected chi connectivity index (χ2v) is 9.30. The minimum Gasteiger partial charge on any atom is -0.373 e. The minimum absolute atomic E-state index is 0. The molecule has 29 heavy (non-hydrogen) atoms. The zero-order valence-electron chi connectivity index (χ0n) is 18.2. The lowest BCUT2D eigenvalue weighted by atomic mass is 10.1. The molecule has 1 aliphatic carbocycles. The standard InChI is InChI=1S/C22H36N4OS.HI/c1-16-13-26(14-17(2)27-16)15-19-8-6-5-7-18(19)12-24-22(23-3)25-20-9-10-21(11-20)28-4;/h5-8,16-17,20-21H,9-15H2,1-4H3,(H2,23,24,25);1H. The molecule has 2 aliphatic rings. The van der Waals surface area contributed by atoms with Gasteiger partial charge < -0.3 is 15.4 Å². The molecule has 1 heterocycles. The molecule has 164 valence electrons. The van der Waals surface area contributed by atoms with E-state index in [4.69, 9.17) is 4.74 Å². The van der Waals surface area contributed by atoms with Crippen molar-refractivity contribution >= 4 is 41.7 Å². The number of guanidine groups is 1. The van der Waals surface area contributed by atoms with Gasteiger partial charge in [0.05, 0.1) is 12.2 Å². The number of halogens is 1. The first-order chi connectivity index (χ1) is 13.6. The second-order valence-electron chi connectivity index (χ2n) is 8.16. The number of nitrogens with one attached hydrogen (secondary N) is 2. The monoisotopic (exact) mass is 532 g/mol. The zero-order chi connectivity index (χ0) is 19.9. The number of rotatable bonds is 6. The fraction of sp³-hybridized carbons (Fsp3) is 0.682. The number of ether oxygens (including phenoxy) is 1. The molecule has 1 aliphatic heterocycles. The summed E-state index contributed by atoms with van der Waals surface area (Å²) >= 11 is 1.99. The molecule has 3 rings (SSSR count). The van der Waals surface area contributed by atoms with Crippen LogP contribution in [0.2, 0.25) is 0 Å². The summed E-state index contributed by atoms with van der Waals surface area (Å²) < 4.78 is 5.88. The Morgan fingerprint density at radius 1 is 1.17 bits per heavy atom. The van der Waals surface area contributed by atoms with Gasteiger partial charge in [0.25, 0.3) is 0 Å². The first-order valence-electron chi connectivity index (χ1n) is 10.5. The second kappa shape index (κ2) is 12.4. The van der Waals surface area contributed by atoms with Crippen LogP contribution in [0.5, 0.6) is 0 Å². The van der Waals surface area contributed by atoms with Crippen molar-refractivity contribution in [2.45, 2.75) is 69.7 Å². The summed E-state index contributed by atoms with van der Waals surface area (Å²) in [4.78, 5) is 6.95. The van der Waals surface area contributed by atoms with Crippen molar-refractivity contribution in [1.29, 1.82) is 0 Å². The first kappa shape index (κ1) is 24.8. The molecule has 4 atom stereocenters. The summed E-state index contributed by atoms with van der Waals surface area (Å²) in [5.41, 5.74) is 2.72. The highest BCUT2D eigenvalue weighted by atomic mass is 127. The van der Waals surface area contributed by atoms with Gasteiger partial charge in [0.15, 0.2) is 5.96 Å². The molecule has 1 aromatic rings. The van der Waals surface area contributed by atoms with Crippen molar-refractivity contribution < 1.29 is 4.74 Å². The Labute approximate surface area is 197 Å². The van der Waals surface area contributed by atoms with E-state index in [2.05, 4.69) is 64.9 Å². The van der Waals surface area contributed by atoms with Crippen molar-refractivity contribution in [2.75, 3.05) is 26.4 Å². The molecule has 2 fully saturated rings. The summed E-state index contributed by atoms with van der Waals surface area (Å²) in [5, 5.41) is 7.93. The molecule has 0 radical (unpaired) electrons. The van der Waals surface area contributed by atoms with Crippen molar-refractivity contribution in [3.8, 4) is 0 Å². The van der Waals surface area contributed by atoms with Crippen LogP contribution in [0, 0.1) is 0 Å². The SMILES string of the molecule is CN=C(NCc1ccccc1CN1CC(C)OC(C)C1)NC1CCC(SC)C1.I. The number of hydrogen-bond donors (Lipinski definition) is 2. The van der Waals surface area contributed by atoms with Crippen LogP contribution < -0.4 is 10.6 Å². The summed E-state index contributed by atoms with van der Waals surface area (Å²) in [6.07, 6.45) is 6.58. The Hall–Kier alpha value is -0.510. The number of benzene rings is 1. The summed E-state index contributed by atoms with van der Waals surface area (Å²) in [6.45, 7) is 8.08. The predicted molar refractivity (Wildman–Crippen MR) is 135 cm³/mol. The van der Waals surface area contributed by atoms with Crippen LogP contribution in [0.3, 0.4) is 0 Å². The maximum atomic E-state index is 5.88. The van der Waals surface area contributed by atoms with E-state index < -0.39 is 0 Å². The van der Waals surface area contributed by atoms with Gasteiger partial charge in [-0.1, -0.05) is 24.3 Å². The highest BCUT2D eigenvalue weighted by Crippen LogP contribution is 2.28. The van der Waals surface area contributed by atoms with Crippen LogP contribution >= 0.6 is 35.7 Å². The average Bonchev–Trinajstić information content (AvgIpc) is 3.13. The summed E-state index contributed by atoms with van der Waals surface area (Å²) in [5.74, 6) is 0.912. The Bertz CT molecular complexity index is 649. The van der Waals surface area contributed by atoms with Crippen molar-refractivity contribution in [1.82, 2.24) is 15.5 Å². The van der Waals surface area contributed by atoms with Gasteiger partial charge in [-0.3, -0.25) is 9.89 Å². The summed E-state index contributed by atoms with van der Waals surface area (Å²) in [6, 6.07) is 9.28. The van der Waals surface area contributed by atoms with Crippen LogP contribution in [0.25, 0.3) is 0 Å². The van der Waals surface area contributed by atoms with Crippen LogP contribution in [0.4, 0.5) is 0 Å². The fourth-order valence-electron chi connectivity index (χ4n) is 4.39. The van der Waals surface area contributed by atoms with Crippen molar-refractivity contribution in [2.24, 2.45) is 4.99 Å². The molecule has 0 amide bonds. The van der Waals surface area contributed by atoms with E-state index >= 15 is 0 Å². The third-order valence-corrected chi connectivity index (χ3v) is 6.83. The highest BCUT2D eigenvalue weighted by molar-refractivity contribution is 14.0. The van der Waals surface area contributed by atoms with Gasteiger partial charge in [-0.05, 0) is 50.5 Å². The van der Waals surface area contributed by atoms with Gasteiger partial charge in [-0.15, -0.1) is 24.0 Å². The molecule has 4 unspecified atom stereocenters. The molecule has 0 bridgehead atoms. The average molecular weight is 533 g/mol. The molecular formula is C22H37IN4OS. The number of hydrogen-bond acceptors (Lipinski definition) is 4. The lowest BCUT2D eigenvalue weighted by molar-refractivity contribution is -0.0705. The van der Waals surface area contributed by atoms with Crippen molar-refractivity contribution in [3.05, 3.63) is 35.4 Å². The molecule has 1 aromatic carbocycles. The Kier molecular flexibility index (Phi) is 10.6. The Balaban J connectivity index is 0.00000300. The molecule has 0 spiro atoms. The van der Waals surface area contributed by atoms with Crippen LogP contribution in [0.15, 0.2) is 29.3 Å². The van der Waals surface area contributed by atoms with Crippen LogP contribution in [-0.2, 0) is 17.8 Å². The lowest BCUT2D eigenvalue weighted by Gasteiger charge is -2.35. The Morgan fingerprint density at radius 3 is 2.48 bits per heavy atom. The van der Waals surface area contributed by atoms with E-state index in [9.17, 15) is 0 Å². The van der Waals surface area contributed by atoms with Gasteiger partial charge in [0.2, 0.25) is 0 Å². The van der Waals surface area contributed by atoms with Crippen LogP contribution in [0.1, 0.15) is 44.2 Å². The number of nitrogens with zero attached hydrogens (tertiary/aromatic N) is 2. The van der Waals surface area contributed by atoms with Gasteiger partial charge in [-0.2, -0.15) is 11.8 Å². The lowest BCUT2D eigenvalue weighted by Crippen LogP contribution is -2.45. The normalized spacial score (nSPS) is 28.1.